The molecule has 0 aromatic carbocycles. The predicted octanol–water partition coefficient (Wildman–Crippen LogP) is 3.03. The summed E-state index contributed by atoms with van der Waals surface area (Å²) >= 11 is 0. The van der Waals surface area contributed by atoms with Crippen LogP contribution in [0.1, 0.15) is 60.8 Å². The maximum Gasteiger partial charge on any atom is 0.0466 e. The van der Waals surface area contributed by atoms with Crippen LogP contribution in [-0.2, 0) is 0 Å². The second-order valence-corrected chi connectivity index (χ2v) is 8.33. The van der Waals surface area contributed by atoms with E-state index in [0.29, 0.717) is 16.5 Å². The van der Waals surface area contributed by atoms with E-state index in [4.69, 9.17) is 0 Å². The predicted molar refractivity (Wildman–Crippen MR) is 74.3 cm³/mol. The van der Waals surface area contributed by atoms with E-state index >= 15 is 0 Å². The van der Waals surface area contributed by atoms with Crippen LogP contribution >= 0.6 is 0 Å². The van der Waals surface area contributed by atoms with Gasteiger partial charge in [0, 0.05) is 30.2 Å². The summed E-state index contributed by atoms with van der Waals surface area (Å²) in [5.74, 6) is 0. The zero-order valence-electron chi connectivity index (χ0n) is 12.6. The zero-order valence-corrected chi connectivity index (χ0v) is 12.6. The molecule has 2 aliphatic rings. The molecule has 100 valence electrons. The first-order valence-corrected chi connectivity index (χ1v) is 7.14. The quantitative estimate of drug-likeness (QED) is 0.755. The van der Waals surface area contributed by atoms with Crippen LogP contribution in [0.25, 0.3) is 0 Å². The van der Waals surface area contributed by atoms with Crippen molar-refractivity contribution in [1.82, 2.24) is 10.2 Å². The summed E-state index contributed by atoms with van der Waals surface area (Å²) in [7, 11) is 0. The van der Waals surface area contributed by atoms with Crippen molar-refractivity contribution in [1.29, 1.82) is 0 Å². The largest absolute Gasteiger partial charge is 0.313 e. The normalized spacial score (nSPS) is 29.6. The smallest absolute Gasteiger partial charge is 0.0466 e. The van der Waals surface area contributed by atoms with Gasteiger partial charge in [-0.2, -0.15) is 0 Å². The summed E-state index contributed by atoms with van der Waals surface area (Å²) in [6, 6.07) is 0.775. The fourth-order valence-corrected chi connectivity index (χ4v) is 3.99. The Morgan fingerprint density at radius 2 is 1.71 bits per heavy atom. The topological polar surface area (TPSA) is 15.3 Å². The second kappa shape index (κ2) is 3.96. The lowest BCUT2D eigenvalue weighted by atomic mass is 9.85. The summed E-state index contributed by atoms with van der Waals surface area (Å²) in [6.07, 6.45) is 4.10. The molecule has 1 atom stereocenters. The summed E-state index contributed by atoms with van der Waals surface area (Å²) in [5, 5.41) is 3.49. The van der Waals surface area contributed by atoms with E-state index in [-0.39, 0.29) is 0 Å². The number of hydrogen-bond donors (Lipinski definition) is 1. The molecule has 0 radical (unpaired) electrons. The number of nitrogens with zero attached hydrogens (tertiary/aromatic N) is 1. The van der Waals surface area contributed by atoms with Crippen LogP contribution in [0.4, 0.5) is 0 Å². The first-order valence-electron chi connectivity index (χ1n) is 7.14. The van der Waals surface area contributed by atoms with Crippen molar-refractivity contribution in [2.75, 3.05) is 13.1 Å². The molecule has 1 spiro atoms. The molecule has 2 saturated heterocycles. The van der Waals surface area contributed by atoms with Gasteiger partial charge in [0.25, 0.3) is 0 Å². The molecule has 0 aromatic heterocycles. The molecule has 0 aromatic rings. The molecule has 2 heteroatoms. The molecular formula is C15H30N2. The molecule has 0 aliphatic carbocycles. The van der Waals surface area contributed by atoms with Gasteiger partial charge in [-0.1, -0.05) is 20.8 Å². The molecule has 2 rings (SSSR count). The Hall–Kier alpha value is -0.0800. The Labute approximate surface area is 107 Å². The van der Waals surface area contributed by atoms with E-state index in [0.717, 1.165) is 6.04 Å². The fraction of sp³-hybridized carbons (Fsp3) is 1.00. The average Bonchev–Trinajstić information content (AvgIpc) is 2.38. The molecule has 0 saturated carbocycles. The molecule has 17 heavy (non-hydrogen) atoms. The van der Waals surface area contributed by atoms with Crippen LogP contribution < -0.4 is 5.32 Å². The van der Waals surface area contributed by atoms with Crippen molar-refractivity contribution in [2.45, 2.75) is 77.9 Å². The third kappa shape index (κ3) is 2.53. The third-order valence-corrected chi connectivity index (χ3v) is 4.30. The van der Waals surface area contributed by atoms with E-state index in [1.165, 1.54) is 32.4 Å². The monoisotopic (exact) mass is 238 g/mol. The van der Waals surface area contributed by atoms with Gasteiger partial charge in [-0.25, -0.2) is 0 Å². The lowest BCUT2D eigenvalue weighted by Gasteiger charge is -2.54. The molecule has 2 aliphatic heterocycles. The molecular weight excluding hydrogens is 208 g/mol. The standard InChI is InChI=1S/C15H30N2/c1-13(2,3)9-12-7-8-15(10-16-11-15)17(12)14(4,5)6/h12,16H,7-11H2,1-6H3. The Morgan fingerprint density at radius 1 is 1.12 bits per heavy atom. The van der Waals surface area contributed by atoms with Crippen LogP contribution in [0.2, 0.25) is 0 Å². The van der Waals surface area contributed by atoms with Crippen LogP contribution in [0.15, 0.2) is 0 Å². The Bertz CT molecular complexity index is 278. The van der Waals surface area contributed by atoms with Gasteiger partial charge in [-0.05, 0) is 45.4 Å². The molecule has 1 N–H and O–H groups in total. The minimum absolute atomic E-state index is 0.300. The molecule has 2 heterocycles. The molecule has 2 fully saturated rings. The minimum Gasteiger partial charge on any atom is -0.313 e. The lowest BCUT2D eigenvalue weighted by Crippen LogP contribution is -2.71. The van der Waals surface area contributed by atoms with E-state index in [1.54, 1.807) is 0 Å². The van der Waals surface area contributed by atoms with Crippen LogP contribution in [0, 0.1) is 5.41 Å². The van der Waals surface area contributed by atoms with Crippen LogP contribution in [0.3, 0.4) is 0 Å². The zero-order chi connectivity index (χ0) is 12.9. The van der Waals surface area contributed by atoms with E-state index in [2.05, 4.69) is 51.8 Å². The number of hydrogen-bond acceptors (Lipinski definition) is 2. The fourth-order valence-electron chi connectivity index (χ4n) is 3.99. The third-order valence-electron chi connectivity index (χ3n) is 4.30. The van der Waals surface area contributed by atoms with E-state index < -0.39 is 0 Å². The summed E-state index contributed by atoms with van der Waals surface area (Å²) in [4.78, 5) is 2.84. The number of rotatable bonds is 1. The highest BCUT2D eigenvalue weighted by Crippen LogP contribution is 2.45. The average molecular weight is 238 g/mol. The lowest BCUT2D eigenvalue weighted by molar-refractivity contribution is -0.0303. The van der Waals surface area contributed by atoms with Crippen LogP contribution in [-0.4, -0.2) is 35.1 Å². The highest BCUT2D eigenvalue weighted by atomic mass is 15.4. The van der Waals surface area contributed by atoms with Crippen molar-refractivity contribution in [2.24, 2.45) is 5.41 Å². The maximum absolute atomic E-state index is 3.49. The summed E-state index contributed by atoms with van der Waals surface area (Å²) in [5.41, 5.74) is 1.22. The Kier molecular flexibility index (Phi) is 3.11. The van der Waals surface area contributed by atoms with Crippen molar-refractivity contribution in [3.05, 3.63) is 0 Å². The van der Waals surface area contributed by atoms with Gasteiger partial charge >= 0.3 is 0 Å². The van der Waals surface area contributed by atoms with E-state index in [1.807, 2.05) is 0 Å². The molecule has 1 unspecified atom stereocenters. The van der Waals surface area contributed by atoms with Crippen LogP contribution in [0.5, 0.6) is 0 Å². The van der Waals surface area contributed by atoms with Crippen molar-refractivity contribution in [3.8, 4) is 0 Å². The highest BCUT2D eigenvalue weighted by Gasteiger charge is 2.53. The molecule has 0 amide bonds. The van der Waals surface area contributed by atoms with Gasteiger partial charge < -0.3 is 5.32 Å². The number of nitrogens with one attached hydrogen (secondary N) is 1. The minimum atomic E-state index is 0.300. The molecule has 0 bridgehead atoms. The van der Waals surface area contributed by atoms with Gasteiger partial charge in [0.2, 0.25) is 0 Å². The van der Waals surface area contributed by atoms with Gasteiger partial charge in [-0.3, -0.25) is 4.90 Å². The van der Waals surface area contributed by atoms with Gasteiger partial charge in [0.05, 0.1) is 0 Å². The molecule has 2 nitrogen and oxygen atoms in total. The van der Waals surface area contributed by atoms with Crippen molar-refractivity contribution >= 4 is 0 Å². The Morgan fingerprint density at radius 3 is 2.06 bits per heavy atom. The first-order chi connectivity index (χ1) is 7.64. The van der Waals surface area contributed by atoms with Gasteiger partial charge in [0.15, 0.2) is 0 Å². The van der Waals surface area contributed by atoms with Crippen molar-refractivity contribution in [3.63, 3.8) is 0 Å². The first kappa shape index (κ1) is 13.4. The summed E-state index contributed by atoms with van der Waals surface area (Å²) in [6.45, 7) is 16.7. The SMILES string of the molecule is CC(C)(C)CC1CCC2(CNC2)N1C(C)(C)C. The number of likely N-dealkylation sites (tertiary alicyclic amines) is 1. The maximum atomic E-state index is 3.49. The second-order valence-electron chi connectivity index (χ2n) is 8.33. The van der Waals surface area contributed by atoms with E-state index in [9.17, 15) is 0 Å². The Balaban J connectivity index is 2.17. The highest BCUT2D eigenvalue weighted by molar-refractivity contribution is 5.12. The van der Waals surface area contributed by atoms with Gasteiger partial charge in [-0.15, -0.1) is 0 Å². The van der Waals surface area contributed by atoms with Crippen molar-refractivity contribution < 1.29 is 0 Å². The van der Waals surface area contributed by atoms with Gasteiger partial charge in [0.1, 0.15) is 0 Å². The summed E-state index contributed by atoms with van der Waals surface area (Å²) < 4.78 is 0.